The average Bonchev–Trinajstić information content (AvgIpc) is 3.44. The van der Waals surface area contributed by atoms with E-state index in [-0.39, 0.29) is 12.5 Å². The van der Waals surface area contributed by atoms with Gasteiger partial charge < -0.3 is 25.0 Å². The third-order valence-corrected chi connectivity index (χ3v) is 6.55. The fourth-order valence-corrected chi connectivity index (χ4v) is 5.25. The molecule has 154 valence electrons. The summed E-state index contributed by atoms with van der Waals surface area (Å²) in [6.45, 7) is 2.35. The van der Waals surface area contributed by atoms with E-state index in [2.05, 4.69) is 17.4 Å². The predicted octanol–water partition coefficient (Wildman–Crippen LogP) is 3.61. The van der Waals surface area contributed by atoms with Crippen molar-refractivity contribution in [2.24, 2.45) is 11.7 Å². The van der Waals surface area contributed by atoms with Crippen LogP contribution in [-0.2, 0) is 12.8 Å². The van der Waals surface area contributed by atoms with Crippen LogP contribution in [0.1, 0.15) is 44.6 Å². The Kier molecular flexibility index (Phi) is 4.47. The SMILES string of the molecule is C[C@@H]1CCc2c(sc(NC(=O)c3cc(-c4ccc5c(c4)OCO5)on3)c2C(N)=O)C1. The highest BCUT2D eigenvalue weighted by Gasteiger charge is 2.28. The van der Waals surface area contributed by atoms with Gasteiger partial charge in [0.05, 0.1) is 5.56 Å². The number of carbonyl (C=O) groups is 2. The summed E-state index contributed by atoms with van der Waals surface area (Å²) in [5.41, 5.74) is 7.81. The van der Waals surface area contributed by atoms with Crippen LogP contribution in [0.2, 0.25) is 0 Å². The van der Waals surface area contributed by atoms with Gasteiger partial charge in [0.2, 0.25) is 6.79 Å². The second-order valence-electron chi connectivity index (χ2n) is 7.52. The van der Waals surface area contributed by atoms with Gasteiger partial charge in [-0.2, -0.15) is 0 Å². The molecule has 8 nitrogen and oxygen atoms in total. The van der Waals surface area contributed by atoms with Crippen molar-refractivity contribution < 1.29 is 23.6 Å². The molecule has 0 saturated heterocycles. The lowest BCUT2D eigenvalue weighted by atomic mass is 9.88. The molecule has 2 aromatic heterocycles. The fourth-order valence-electron chi connectivity index (χ4n) is 3.83. The Bertz CT molecular complexity index is 1170. The molecule has 0 unspecified atom stereocenters. The van der Waals surface area contributed by atoms with Crippen molar-refractivity contribution in [1.82, 2.24) is 5.16 Å². The molecule has 0 saturated carbocycles. The van der Waals surface area contributed by atoms with E-state index in [1.54, 1.807) is 24.3 Å². The topological polar surface area (TPSA) is 117 Å². The lowest BCUT2D eigenvalue weighted by Crippen LogP contribution is -2.19. The van der Waals surface area contributed by atoms with Crippen molar-refractivity contribution in [2.45, 2.75) is 26.2 Å². The van der Waals surface area contributed by atoms with Crippen LogP contribution in [0.3, 0.4) is 0 Å². The van der Waals surface area contributed by atoms with Crippen LogP contribution in [0.15, 0.2) is 28.8 Å². The van der Waals surface area contributed by atoms with E-state index in [9.17, 15) is 9.59 Å². The molecule has 0 radical (unpaired) electrons. The molecule has 2 aliphatic rings. The van der Waals surface area contributed by atoms with Crippen LogP contribution in [-0.4, -0.2) is 23.8 Å². The normalized spacial score (nSPS) is 16.9. The Morgan fingerprint density at radius 1 is 1.23 bits per heavy atom. The molecule has 0 bridgehead atoms. The first-order valence-electron chi connectivity index (χ1n) is 9.62. The second kappa shape index (κ2) is 7.17. The Labute approximate surface area is 175 Å². The summed E-state index contributed by atoms with van der Waals surface area (Å²) in [6.07, 6.45) is 2.67. The van der Waals surface area contributed by atoms with E-state index in [1.165, 1.54) is 11.3 Å². The zero-order chi connectivity index (χ0) is 20.8. The summed E-state index contributed by atoms with van der Waals surface area (Å²) < 4.78 is 16.0. The standard InChI is InChI=1S/C21H19N3O5S/c1-10-2-4-12-17(6-10)30-21(18(12)19(22)25)23-20(26)13-8-15(29-24-13)11-3-5-14-16(7-11)28-9-27-14/h3,5,7-8,10H,2,4,6,9H2,1H3,(H2,22,25)(H,23,26)/t10-/m1/s1. The number of primary amides is 1. The van der Waals surface area contributed by atoms with Gasteiger partial charge in [-0.1, -0.05) is 12.1 Å². The summed E-state index contributed by atoms with van der Waals surface area (Å²) in [4.78, 5) is 25.9. The summed E-state index contributed by atoms with van der Waals surface area (Å²) in [5.74, 6) is 1.25. The van der Waals surface area contributed by atoms with E-state index in [0.717, 1.165) is 29.7 Å². The summed E-state index contributed by atoms with van der Waals surface area (Å²) in [6, 6.07) is 6.89. The molecule has 0 fully saturated rings. The number of thiophene rings is 1. The highest BCUT2D eigenvalue weighted by Crippen LogP contribution is 2.40. The minimum atomic E-state index is -0.529. The van der Waals surface area contributed by atoms with Crippen LogP contribution in [0, 0.1) is 5.92 Å². The van der Waals surface area contributed by atoms with E-state index >= 15 is 0 Å². The quantitative estimate of drug-likeness (QED) is 0.660. The number of hydrogen-bond acceptors (Lipinski definition) is 7. The number of hydrogen-bond donors (Lipinski definition) is 2. The first-order chi connectivity index (χ1) is 14.5. The molecular formula is C21H19N3O5S. The number of ether oxygens (including phenoxy) is 2. The lowest BCUT2D eigenvalue weighted by molar-refractivity contribution is 0.1000. The van der Waals surface area contributed by atoms with Crippen LogP contribution in [0.4, 0.5) is 5.00 Å². The zero-order valence-electron chi connectivity index (χ0n) is 16.2. The van der Waals surface area contributed by atoms with Crippen LogP contribution < -0.4 is 20.5 Å². The van der Waals surface area contributed by atoms with Gasteiger partial charge in [-0.3, -0.25) is 9.59 Å². The fraction of sp³-hybridized carbons (Fsp3) is 0.286. The summed E-state index contributed by atoms with van der Waals surface area (Å²) >= 11 is 1.41. The van der Waals surface area contributed by atoms with Crippen LogP contribution >= 0.6 is 11.3 Å². The number of nitrogens with one attached hydrogen (secondary N) is 1. The molecule has 3 N–H and O–H groups in total. The Balaban J connectivity index is 1.40. The number of rotatable bonds is 4. The van der Waals surface area contributed by atoms with Crippen molar-refractivity contribution in [3.63, 3.8) is 0 Å². The number of nitrogens with zero attached hydrogens (tertiary/aromatic N) is 1. The molecule has 1 aliphatic carbocycles. The van der Waals surface area contributed by atoms with Crippen molar-refractivity contribution in [3.05, 3.63) is 46.0 Å². The number of amides is 2. The summed E-state index contributed by atoms with van der Waals surface area (Å²) in [7, 11) is 0. The molecule has 2 amide bonds. The van der Waals surface area contributed by atoms with Crippen molar-refractivity contribution in [1.29, 1.82) is 0 Å². The van der Waals surface area contributed by atoms with Crippen molar-refractivity contribution >= 4 is 28.2 Å². The highest BCUT2D eigenvalue weighted by molar-refractivity contribution is 7.17. The number of aromatic nitrogens is 1. The minimum absolute atomic E-state index is 0.109. The minimum Gasteiger partial charge on any atom is -0.454 e. The van der Waals surface area contributed by atoms with Crippen molar-refractivity contribution in [2.75, 3.05) is 12.1 Å². The predicted molar refractivity (Wildman–Crippen MR) is 110 cm³/mol. The smallest absolute Gasteiger partial charge is 0.278 e. The van der Waals surface area contributed by atoms with Gasteiger partial charge in [-0.25, -0.2) is 0 Å². The van der Waals surface area contributed by atoms with Crippen molar-refractivity contribution in [3.8, 4) is 22.8 Å². The molecule has 1 aliphatic heterocycles. The molecular weight excluding hydrogens is 406 g/mol. The maximum Gasteiger partial charge on any atom is 0.278 e. The largest absolute Gasteiger partial charge is 0.454 e. The zero-order valence-corrected chi connectivity index (χ0v) is 17.0. The van der Waals surface area contributed by atoms with Gasteiger partial charge in [-0.05, 0) is 48.9 Å². The third kappa shape index (κ3) is 3.21. The van der Waals surface area contributed by atoms with E-state index in [4.69, 9.17) is 19.7 Å². The monoisotopic (exact) mass is 425 g/mol. The maximum absolute atomic E-state index is 12.8. The third-order valence-electron chi connectivity index (χ3n) is 5.39. The van der Waals surface area contributed by atoms with E-state index in [1.807, 2.05) is 0 Å². The number of nitrogens with two attached hydrogens (primary N) is 1. The molecule has 3 aromatic rings. The van der Waals surface area contributed by atoms with Gasteiger partial charge in [0.25, 0.3) is 11.8 Å². The number of benzene rings is 1. The molecule has 1 aromatic carbocycles. The molecule has 9 heteroatoms. The maximum atomic E-state index is 12.8. The number of fused-ring (bicyclic) bond motifs is 2. The number of carbonyl (C=O) groups excluding carboxylic acids is 2. The van der Waals surface area contributed by atoms with Gasteiger partial charge in [0.1, 0.15) is 5.00 Å². The van der Waals surface area contributed by atoms with Gasteiger partial charge in [-0.15, -0.1) is 11.3 Å². The first-order valence-corrected chi connectivity index (χ1v) is 10.4. The molecule has 30 heavy (non-hydrogen) atoms. The molecule has 0 spiro atoms. The van der Waals surface area contributed by atoms with Gasteiger partial charge in [0, 0.05) is 16.5 Å². The average molecular weight is 425 g/mol. The Morgan fingerprint density at radius 3 is 2.90 bits per heavy atom. The second-order valence-corrected chi connectivity index (χ2v) is 8.62. The first kappa shape index (κ1) is 18.7. The van der Waals surface area contributed by atoms with Crippen LogP contribution in [0.25, 0.3) is 11.3 Å². The van der Waals surface area contributed by atoms with Gasteiger partial charge in [0.15, 0.2) is 23.0 Å². The van der Waals surface area contributed by atoms with Gasteiger partial charge >= 0.3 is 0 Å². The highest BCUT2D eigenvalue weighted by atomic mass is 32.1. The van der Waals surface area contributed by atoms with E-state index in [0.29, 0.717) is 39.3 Å². The van der Waals surface area contributed by atoms with Crippen LogP contribution in [0.5, 0.6) is 11.5 Å². The molecule has 5 rings (SSSR count). The Morgan fingerprint density at radius 2 is 2.07 bits per heavy atom. The number of anilines is 1. The lowest BCUT2D eigenvalue weighted by Gasteiger charge is -2.18. The van der Waals surface area contributed by atoms with E-state index < -0.39 is 11.8 Å². The molecule has 3 heterocycles. The Hall–Kier alpha value is -3.33. The molecule has 1 atom stereocenters. The summed E-state index contributed by atoms with van der Waals surface area (Å²) in [5, 5.41) is 7.15.